The van der Waals surface area contributed by atoms with E-state index in [1.807, 2.05) is 13.8 Å². The zero-order valence-electron chi connectivity index (χ0n) is 13.9. The number of ketones is 1. The van der Waals surface area contributed by atoms with Crippen molar-refractivity contribution in [1.82, 2.24) is 5.32 Å². The average Bonchev–Trinajstić information content (AvgIpc) is 2.47. The summed E-state index contributed by atoms with van der Waals surface area (Å²) in [6.07, 6.45) is 10.4. The Morgan fingerprint density at radius 1 is 0.952 bits per heavy atom. The smallest absolute Gasteiger partial charge is 0.207 e. The Balaban J connectivity index is 3.06. The van der Waals surface area contributed by atoms with Crippen LogP contribution < -0.4 is 5.32 Å². The highest BCUT2D eigenvalue weighted by Crippen LogP contribution is 2.07. The minimum atomic E-state index is 0.176. The van der Waals surface area contributed by atoms with Crippen LogP contribution in [-0.2, 0) is 14.3 Å². The molecule has 0 unspecified atom stereocenters. The van der Waals surface area contributed by atoms with Gasteiger partial charge in [0.15, 0.2) is 0 Å². The van der Waals surface area contributed by atoms with Crippen molar-refractivity contribution in [1.29, 1.82) is 0 Å². The lowest BCUT2D eigenvalue weighted by Gasteiger charge is -2.05. The second kappa shape index (κ2) is 15.5. The van der Waals surface area contributed by atoms with Crippen LogP contribution in [-0.4, -0.2) is 32.0 Å². The van der Waals surface area contributed by atoms with E-state index in [4.69, 9.17) is 4.74 Å². The van der Waals surface area contributed by atoms with Crippen LogP contribution >= 0.6 is 0 Å². The lowest BCUT2D eigenvalue weighted by atomic mass is 10.0. The quantitative estimate of drug-likeness (QED) is 0.350. The van der Waals surface area contributed by atoms with E-state index >= 15 is 0 Å². The number of Topliss-reactive ketones (excluding diaryl/α,β-unsaturated/α-hetero) is 1. The van der Waals surface area contributed by atoms with E-state index < -0.39 is 0 Å². The van der Waals surface area contributed by atoms with Gasteiger partial charge in [-0.25, -0.2) is 0 Å². The van der Waals surface area contributed by atoms with E-state index in [0.717, 1.165) is 64.7 Å². The summed E-state index contributed by atoms with van der Waals surface area (Å²) in [5.74, 6) is 0.551. The molecular weight excluding hydrogens is 266 g/mol. The summed E-state index contributed by atoms with van der Waals surface area (Å²) in [5, 5.41) is 2.67. The summed E-state index contributed by atoms with van der Waals surface area (Å²) in [7, 11) is 0. The lowest BCUT2D eigenvalue weighted by Crippen LogP contribution is -2.11. The zero-order valence-corrected chi connectivity index (χ0v) is 13.9. The molecule has 0 aliphatic carbocycles. The first-order valence-corrected chi connectivity index (χ1v) is 8.46. The molecule has 124 valence electrons. The summed E-state index contributed by atoms with van der Waals surface area (Å²) in [5.41, 5.74) is 0. The maximum atomic E-state index is 11.4. The Morgan fingerprint density at radius 3 is 2.14 bits per heavy atom. The van der Waals surface area contributed by atoms with Gasteiger partial charge >= 0.3 is 0 Å². The molecular formula is C17H33NO3. The fourth-order valence-electron chi connectivity index (χ4n) is 2.09. The molecule has 21 heavy (non-hydrogen) atoms. The van der Waals surface area contributed by atoms with Crippen molar-refractivity contribution in [3.8, 4) is 0 Å². The van der Waals surface area contributed by atoms with Crippen molar-refractivity contribution < 1.29 is 14.3 Å². The molecule has 0 aliphatic rings. The summed E-state index contributed by atoms with van der Waals surface area (Å²) in [6.45, 7) is 6.38. The Kier molecular flexibility index (Phi) is 14.8. The van der Waals surface area contributed by atoms with Gasteiger partial charge < -0.3 is 10.1 Å². The number of hydrogen-bond donors (Lipinski definition) is 1. The molecule has 1 amide bonds. The number of amides is 1. The number of rotatable bonds is 16. The molecule has 0 saturated carbocycles. The highest BCUT2D eigenvalue weighted by Gasteiger charge is 2.05. The molecule has 1 N–H and O–H groups in total. The van der Waals surface area contributed by atoms with E-state index in [1.54, 1.807) is 0 Å². The van der Waals surface area contributed by atoms with Crippen molar-refractivity contribution in [3.63, 3.8) is 0 Å². The van der Waals surface area contributed by atoms with Gasteiger partial charge in [-0.15, -0.1) is 0 Å². The molecule has 0 atom stereocenters. The van der Waals surface area contributed by atoms with Gasteiger partial charge in [-0.2, -0.15) is 0 Å². The van der Waals surface area contributed by atoms with Crippen molar-refractivity contribution in [2.75, 3.05) is 19.8 Å². The molecule has 0 heterocycles. The first-order chi connectivity index (χ1) is 10.2. The van der Waals surface area contributed by atoms with E-state index in [2.05, 4.69) is 5.32 Å². The molecule has 0 bridgehead atoms. The highest BCUT2D eigenvalue weighted by molar-refractivity contribution is 5.80. The maximum Gasteiger partial charge on any atom is 0.207 e. The van der Waals surface area contributed by atoms with E-state index in [9.17, 15) is 9.59 Å². The maximum absolute atomic E-state index is 11.4. The van der Waals surface area contributed by atoms with Crippen molar-refractivity contribution in [2.24, 2.45) is 5.92 Å². The molecule has 0 aromatic rings. The van der Waals surface area contributed by atoms with Gasteiger partial charge in [0, 0.05) is 32.1 Å². The normalized spacial score (nSPS) is 10.8. The van der Waals surface area contributed by atoms with Gasteiger partial charge in [-0.3, -0.25) is 9.59 Å². The van der Waals surface area contributed by atoms with Crippen molar-refractivity contribution >= 4 is 12.2 Å². The molecule has 0 fully saturated rings. The highest BCUT2D eigenvalue weighted by atomic mass is 16.5. The third kappa shape index (κ3) is 15.3. The first kappa shape index (κ1) is 20.1. The number of carbonyl (C=O) groups excluding carboxylic acids is 2. The fourth-order valence-corrected chi connectivity index (χ4v) is 2.09. The third-order valence-corrected chi connectivity index (χ3v) is 3.55. The van der Waals surface area contributed by atoms with E-state index in [-0.39, 0.29) is 5.92 Å². The van der Waals surface area contributed by atoms with Crippen LogP contribution in [0.1, 0.15) is 71.6 Å². The van der Waals surface area contributed by atoms with E-state index in [0.29, 0.717) is 5.78 Å². The molecule has 0 spiro atoms. The number of ether oxygens (including phenoxy) is 1. The number of hydrogen-bond acceptors (Lipinski definition) is 3. The molecule has 4 nitrogen and oxygen atoms in total. The Hall–Kier alpha value is -0.900. The summed E-state index contributed by atoms with van der Waals surface area (Å²) in [6, 6.07) is 0. The van der Waals surface area contributed by atoms with Gasteiger partial charge in [0.05, 0.1) is 0 Å². The molecule has 0 radical (unpaired) electrons. The monoisotopic (exact) mass is 299 g/mol. The lowest BCUT2D eigenvalue weighted by molar-refractivity contribution is -0.122. The minimum absolute atomic E-state index is 0.176. The molecule has 0 aliphatic heterocycles. The van der Waals surface area contributed by atoms with E-state index in [1.165, 1.54) is 19.3 Å². The number of unbranched alkanes of at least 4 members (excludes halogenated alkanes) is 6. The van der Waals surface area contributed by atoms with Crippen molar-refractivity contribution in [3.05, 3.63) is 0 Å². The third-order valence-electron chi connectivity index (χ3n) is 3.55. The van der Waals surface area contributed by atoms with Gasteiger partial charge in [0.1, 0.15) is 5.78 Å². The zero-order chi connectivity index (χ0) is 15.8. The summed E-state index contributed by atoms with van der Waals surface area (Å²) >= 11 is 0. The molecule has 4 heteroatoms. The predicted octanol–water partition coefficient (Wildman–Crippen LogP) is 3.49. The van der Waals surface area contributed by atoms with Crippen LogP contribution in [0.5, 0.6) is 0 Å². The minimum Gasteiger partial charge on any atom is -0.381 e. The van der Waals surface area contributed by atoms with Crippen LogP contribution in [0.25, 0.3) is 0 Å². The largest absolute Gasteiger partial charge is 0.381 e. The SMILES string of the molecule is CC(C)C(=O)CCCCCOCCCCCCCNC=O. The average molecular weight is 299 g/mol. The van der Waals surface area contributed by atoms with Gasteiger partial charge in [0.25, 0.3) is 0 Å². The second-order valence-corrected chi connectivity index (χ2v) is 5.88. The van der Waals surface area contributed by atoms with Crippen LogP contribution in [0, 0.1) is 5.92 Å². The molecule has 0 rings (SSSR count). The first-order valence-electron chi connectivity index (χ1n) is 8.46. The summed E-state index contributed by atoms with van der Waals surface area (Å²) in [4.78, 5) is 21.4. The van der Waals surface area contributed by atoms with Gasteiger partial charge in [0.2, 0.25) is 6.41 Å². The van der Waals surface area contributed by atoms with Gasteiger partial charge in [-0.1, -0.05) is 39.5 Å². The van der Waals surface area contributed by atoms with Crippen LogP contribution in [0.3, 0.4) is 0 Å². The molecule has 0 aromatic carbocycles. The molecule has 0 saturated heterocycles. The van der Waals surface area contributed by atoms with Gasteiger partial charge in [-0.05, 0) is 25.7 Å². The fraction of sp³-hybridized carbons (Fsp3) is 0.882. The van der Waals surface area contributed by atoms with Crippen LogP contribution in [0.4, 0.5) is 0 Å². The number of nitrogens with one attached hydrogen (secondary N) is 1. The standard InChI is InChI=1S/C17H33NO3/c1-16(2)17(20)11-7-6-10-14-21-13-9-5-3-4-8-12-18-15-19/h15-16H,3-14H2,1-2H3,(H,18,19). The predicted molar refractivity (Wildman–Crippen MR) is 86.3 cm³/mol. The Bertz CT molecular complexity index is 254. The number of carbonyl (C=O) groups is 2. The molecule has 0 aromatic heterocycles. The van der Waals surface area contributed by atoms with Crippen LogP contribution in [0.15, 0.2) is 0 Å². The van der Waals surface area contributed by atoms with Crippen LogP contribution in [0.2, 0.25) is 0 Å². The van der Waals surface area contributed by atoms with Crippen molar-refractivity contribution in [2.45, 2.75) is 71.6 Å². The Labute approximate surface area is 130 Å². The topological polar surface area (TPSA) is 55.4 Å². The Morgan fingerprint density at radius 2 is 1.52 bits per heavy atom. The second-order valence-electron chi connectivity index (χ2n) is 5.88. The summed E-state index contributed by atoms with van der Waals surface area (Å²) < 4.78 is 5.59.